The zero-order valence-electron chi connectivity index (χ0n) is 18.1. The number of amides is 2. The number of carbonyl (C=O) groups is 2. The number of piperidine rings is 2. The van der Waals surface area contributed by atoms with Gasteiger partial charge in [-0.25, -0.2) is 0 Å². The molecule has 0 spiro atoms. The number of oxazole rings is 1. The monoisotopic (exact) mass is 432 g/mol. The lowest BCUT2D eigenvalue weighted by atomic mass is 9.91. The Morgan fingerprint density at radius 2 is 1.50 bits per heavy atom. The van der Waals surface area contributed by atoms with Gasteiger partial charge in [0.25, 0.3) is 6.01 Å². The molecule has 0 saturated carbocycles. The molecule has 2 aliphatic heterocycles. The number of carbonyl (C=O) groups excluding carboxylic acids is 2. The van der Waals surface area contributed by atoms with Crippen molar-refractivity contribution in [3.8, 4) is 0 Å². The van der Waals surface area contributed by atoms with Gasteiger partial charge in [-0.3, -0.25) is 9.59 Å². The van der Waals surface area contributed by atoms with E-state index in [-0.39, 0.29) is 23.7 Å². The average Bonchev–Trinajstić information content (AvgIpc) is 3.29. The van der Waals surface area contributed by atoms with Gasteiger partial charge in [-0.2, -0.15) is 4.98 Å². The van der Waals surface area contributed by atoms with E-state index >= 15 is 0 Å². The van der Waals surface area contributed by atoms with Crippen LogP contribution in [-0.4, -0.2) is 47.9 Å². The number of benzene rings is 2. The summed E-state index contributed by atoms with van der Waals surface area (Å²) in [6.45, 7) is 2.83. The molecule has 2 saturated heterocycles. The standard InChI is InChI=1S/C25H28N4O3/c30-23(26-20-6-2-1-3-7-20)18-10-14-28(15-11-18)24(31)19-12-16-29(17-13-19)25-27-21-8-4-5-9-22(21)32-25/h1-9,18-19H,10-17H2,(H,26,30). The van der Waals surface area contributed by atoms with E-state index in [2.05, 4.69) is 15.2 Å². The van der Waals surface area contributed by atoms with Crippen molar-refractivity contribution in [2.45, 2.75) is 25.7 Å². The summed E-state index contributed by atoms with van der Waals surface area (Å²) in [5.41, 5.74) is 2.47. The highest BCUT2D eigenvalue weighted by molar-refractivity contribution is 5.92. The van der Waals surface area contributed by atoms with E-state index < -0.39 is 0 Å². The fraction of sp³-hybridized carbons (Fsp3) is 0.400. The fourth-order valence-corrected chi connectivity index (χ4v) is 4.70. The van der Waals surface area contributed by atoms with Gasteiger partial charge in [-0.05, 0) is 49.9 Å². The SMILES string of the molecule is O=C(Nc1ccccc1)C1CCN(C(=O)C2CCN(c3nc4ccccc4o3)CC2)CC1. The first-order valence-corrected chi connectivity index (χ1v) is 11.4. The van der Waals surface area contributed by atoms with Crippen molar-refractivity contribution in [3.63, 3.8) is 0 Å². The largest absolute Gasteiger partial charge is 0.423 e. The second-order valence-corrected chi connectivity index (χ2v) is 8.68. The third kappa shape index (κ3) is 4.33. The number of fused-ring (bicyclic) bond motifs is 1. The minimum Gasteiger partial charge on any atom is -0.423 e. The van der Waals surface area contributed by atoms with Crippen molar-refractivity contribution < 1.29 is 14.0 Å². The fourth-order valence-electron chi connectivity index (χ4n) is 4.70. The molecule has 3 aromatic rings. The molecule has 32 heavy (non-hydrogen) atoms. The van der Waals surface area contributed by atoms with Gasteiger partial charge < -0.3 is 19.5 Å². The van der Waals surface area contributed by atoms with Crippen LogP contribution >= 0.6 is 0 Å². The lowest BCUT2D eigenvalue weighted by Crippen LogP contribution is -2.46. The summed E-state index contributed by atoms with van der Waals surface area (Å²) in [6.07, 6.45) is 3.02. The average molecular weight is 433 g/mol. The van der Waals surface area contributed by atoms with E-state index in [4.69, 9.17) is 4.42 Å². The van der Waals surface area contributed by atoms with Crippen molar-refractivity contribution in [2.24, 2.45) is 11.8 Å². The number of rotatable bonds is 4. The van der Waals surface area contributed by atoms with Crippen molar-refractivity contribution in [1.82, 2.24) is 9.88 Å². The molecule has 0 aliphatic carbocycles. The molecule has 0 bridgehead atoms. The molecular formula is C25H28N4O3. The Morgan fingerprint density at radius 3 is 2.22 bits per heavy atom. The van der Waals surface area contributed by atoms with Crippen molar-refractivity contribution in [1.29, 1.82) is 0 Å². The molecule has 7 heteroatoms. The molecule has 7 nitrogen and oxygen atoms in total. The third-order valence-electron chi connectivity index (χ3n) is 6.62. The molecular weight excluding hydrogens is 404 g/mol. The maximum absolute atomic E-state index is 13.1. The van der Waals surface area contributed by atoms with E-state index in [1.807, 2.05) is 59.5 Å². The summed E-state index contributed by atoms with van der Waals surface area (Å²) in [6, 6.07) is 17.9. The molecule has 166 valence electrons. The minimum absolute atomic E-state index is 0.0327. The van der Waals surface area contributed by atoms with E-state index in [1.165, 1.54) is 0 Å². The normalized spacial score (nSPS) is 18.1. The quantitative estimate of drug-likeness (QED) is 0.676. The molecule has 3 heterocycles. The van der Waals surface area contributed by atoms with E-state index in [0.29, 0.717) is 31.9 Å². The van der Waals surface area contributed by atoms with Crippen molar-refractivity contribution >= 4 is 34.6 Å². The summed E-state index contributed by atoms with van der Waals surface area (Å²) in [5, 5.41) is 2.99. The van der Waals surface area contributed by atoms with Gasteiger partial charge in [-0.15, -0.1) is 0 Å². The van der Waals surface area contributed by atoms with Crippen molar-refractivity contribution in [2.75, 3.05) is 36.4 Å². The summed E-state index contributed by atoms with van der Waals surface area (Å²) >= 11 is 0. The molecule has 1 N–H and O–H groups in total. The number of likely N-dealkylation sites (tertiary alicyclic amines) is 1. The number of nitrogens with zero attached hydrogens (tertiary/aromatic N) is 3. The van der Waals surface area contributed by atoms with E-state index in [1.54, 1.807) is 0 Å². The number of hydrogen-bond acceptors (Lipinski definition) is 5. The van der Waals surface area contributed by atoms with Crippen LogP contribution in [0.4, 0.5) is 11.7 Å². The molecule has 0 unspecified atom stereocenters. The van der Waals surface area contributed by atoms with Gasteiger partial charge in [0.15, 0.2) is 5.58 Å². The highest BCUT2D eigenvalue weighted by Gasteiger charge is 2.33. The second kappa shape index (κ2) is 9.02. The summed E-state index contributed by atoms with van der Waals surface area (Å²) in [5.74, 6) is 0.268. The third-order valence-corrected chi connectivity index (χ3v) is 6.62. The molecule has 0 radical (unpaired) electrons. The van der Waals surface area contributed by atoms with Gasteiger partial charge in [-0.1, -0.05) is 30.3 Å². The van der Waals surface area contributed by atoms with Gasteiger partial charge in [0.05, 0.1) is 0 Å². The first kappa shape index (κ1) is 20.5. The van der Waals surface area contributed by atoms with Crippen molar-refractivity contribution in [3.05, 3.63) is 54.6 Å². The Hall–Kier alpha value is -3.35. The van der Waals surface area contributed by atoms with Gasteiger partial charge in [0, 0.05) is 43.7 Å². The van der Waals surface area contributed by atoms with Crippen LogP contribution in [0.15, 0.2) is 59.0 Å². The number of aromatic nitrogens is 1. The van der Waals surface area contributed by atoms with Crippen LogP contribution in [0.2, 0.25) is 0 Å². The van der Waals surface area contributed by atoms with E-state index in [9.17, 15) is 9.59 Å². The summed E-state index contributed by atoms with van der Waals surface area (Å²) in [7, 11) is 0. The first-order valence-electron chi connectivity index (χ1n) is 11.4. The lowest BCUT2D eigenvalue weighted by molar-refractivity contribution is -0.139. The lowest BCUT2D eigenvalue weighted by Gasteiger charge is -2.36. The highest BCUT2D eigenvalue weighted by atomic mass is 16.4. The smallest absolute Gasteiger partial charge is 0.298 e. The van der Waals surface area contributed by atoms with Crippen LogP contribution in [0.1, 0.15) is 25.7 Å². The van der Waals surface area contributed by atoms with Crippen LogP contribution in [0.3, 0.4) is 0 Å². The van der Waals surface area contributed by atoms with Crippen LogP contribution in [0, 0.1) is 11.8 Å². The Kier molecular flexibility index (Phi) is 5.79. The van der Waals surface area contributed by atoms with Gasteiger partial charge in [0.1, 0.15) is 5.52 Å². The molecule has 2 aromatic carbocycles. The predicted octanol–water partition coefficient (Wildman–Crippen LogP) is 3.92. The molecule has 2 aliphatic rings. The van der Waals surface area contributed by atoms with Gasteiger partial charge >= 0.3 is 0 Å². The zero-order chi connectivity index (χ0) is 21.9. The first-order chi connectivity index (χ1) is 15.7. The molecule has 1 aromatic heterocycles. The topological polar surface area (TPSA) is 78.7 Å². The Bertz CT molecular complexity index is 1050. The Morgan fingerprint density at radius 1 is 0.844 bits per heavy atom. The van der Waals surface area contributed by atoms with Crippen LogP contribution < -0.4 is 10.2 Å². The number of hydrogen-bond donors (Lipinski definition) is 1. The molecule has 5 rings (SSSR count). The minimum atomic E-state index is -0.0414. The molecule has 0 atom stereocenters. The summed E-state index contributed by atoms with van der Waals surface area (Å²) in [4.78, 5) is 34.3. The van der Waals surface area contributed by atoms with Gasteiger partial charge in [0.2, 0.25) is 11.8 Å². The second-order valence-electron chi connectivity index (χ2n) is 8.68. The number of nitrogens with one attached hydrogen (secondary N) is 1. The highest BCUT2D eigenvalue weighted by Crippen LogP contribution is 2.28. The van der Waals surface area contributed by atoms with E-state index in [0.717, 1.165) is 42.7 Å². The molecule has 2 amide bonds. The zero-order valence-corrected chi connectivity index (χ0v) is 18.1. The Balaban J connectivity index is 1.11. The maximum atomic E-state index is 13.1. The van der Waals surface area contributed by atoms with Crippen LogP contribution in [0.5, 0.6) is 0 Å². The maximum Gasteiger partial charge on any atom is 0.298 e. The predicted molar refractivity (Wildman–Crippen MR) is 123 cm³/mol. The number of anilines is 2. The Labute approximate surface area is 187 Å². The van der Waals surface area contributed by atoms with Crippen LogP contribution in [-0.2, 0) is 9.59 Å². The summed E-state index contributed by atoms with van der Waals surface area (Å²) < 4.78 is 5.88. The van der Waals surface area contributed by atoms with Crippen LogP contribution in [0.25, 0.3) is 11.1 Å². The molecule has 2 fully saturated rings. The number of para-hydroxylation sites is 3.